The van der Waals surface area contributed by atoms with E-state index in [1.807, 2.05) is 12.2 Å². The molecule has 0 saturated heterocycles. The molecule has 380 valence electrons. The van der Waals surface area contributed by atoms with E-state index in [0.717, 1.165) is 57.8 Å². The maximum atomic E-state index is 13.0. The monoisotopic (exact) mass is 978 g/mol. The smallest absolute Gasteiger partial charge is 0.462 e. The molecule has 1 rings (SSSR count). The van der Waals surface area contributed by atoms with Gasteiger partial charge in [0.15, 0.2) is 6.10 Å². The first-order valence-electron chi connectivity index (χ1n) is 23.6. The number of rotatable bonds is 38. The standard InChI is InChI=1S/C47H80O17P2/c1-3-5-7-9-11-13-14-15-16-17-18-20-22-26-30-34-40(49)60-36-39(37-61-66(58,59)64-47-44(53)42(51)43(52)46(45(47)54)63-65(55,56)57)62-41(50)35-31-27-23-25-29-33-38(48)32-28-24-21-19-12-10-8-6-4-2/h11-13,15-16,19,23-25,28-29,33,38-39,42-48,51-54H,3-10,14,17-18,20-22,26-27,30-32,34-37H2,1-2H3,(H,58,59)(H2,55,56,57)/b13-11-,16-15-,19-12-,25-23+,28-24-,33-29-/t38?,39-,42?,43?,44?,45?,46-,47+/m1/s1. The van der Waals surface area contributed by atoms with Crippen molar-refractivity contribution in [3.05, 3.63) is 72.9 Å². The number of phosphoric ester groups is 2. The molecule has 1 fully saturated rings. The highest BCUT2D eigenvalue weighted by Gasteiger charge is 2.54. The third-order valence-corrected chi connectivity index (χ3v) is 11.8. The third-order valence-electron chi connectivity index (χ3n) is 10.3. The van der Waals surface area contributed by atoms with Crippen molar-refractivity contribution in [3.63, 3.8) is 0 Å². The zero-order valence-electron chi connectivity index (χ0n) is 39.0. The number of hydrogen-bond acceptors (Lipinski definition) is 14. The first-order chi connectivity index (χ1) is 31.5. The van der Waals surface area contributed by atoms with Crippen molar-refractivity contribution in [2.75, 3.05) is 13.2 Å². The van der Waals surface area contributed by atoms with Crippen molar-refractivity contribution >= 4 is 27.6 Å². The summed E-state index contributed by atoms with van der Waals surface area (Å²) >= 11 is 0. The number of phosphoric acid groups is 2. The minimum Gasteiger partial charge on any atom is -0.462 e. The second-order valence-corrected chi connectivity index (χ2v) is 18.9. The van der Waals surface area contributed by atoms with Gasteiger partial charge < -0.3 is 49.7 Å². The number of esters is 2. The topological polar surface area (TPSA) is 276 Å². The molecule has 0 aromatic rings. The van der Waals surface area contributed by atoms with Gasteiger partial charge in [0.25, 0.3) is 0 Å². The number of carbonyl (C=O) groups is 2. The van der Waals surface area contributed by atoms with Crippen LogP contribution in [0.25, 0.3) is 0 Å². The van der Waals surface area contributed by atoms with Crippen molar-refractivity contribution in [1.82, 2.24) is 0 Å². The minimum absolute atomic E-state index is 0.0719. The van der Waals surface area contributed by atoms with Gasteiger partial charge in [0.1, 0.15) is 43.2 Å². The van der Waals surface area contributed by atoms with E-state index in [9.17, 15) is 49.1 Å². The number of hydrogen-bond donors (Lipinski definition) is 8. The quantitative estimate of drug-likeness (QED) is 0.00963. The zero-order valence-corrected chi connectivity index (χ0v) is 40.7. The Morgan fingerprint density at radius 3 is 1.67 bits per heavy atom. The summed E-state index contributed by atoms with van der Waals surface area (Å²) in [6.07, 6.45) is 26.0. The van der Waals surface area contributed by atoms with Crippen molar-refractivity contribution in [2.45, 2.75) is 198 Å². The highest BCUT2D eigenvalue weighted by Crippen LogP contribution is 2.49. The molecule has 0 aromatic carbocycles. The van der Waals surface area contributed by atoms with E-state index in [0.29, 0.717) is 25.7 Å². The van der Waals surface area contributed by atoms with Crippen LogP contribution in [0, 0.1) is 0 Å². The summed E-state index contributed by atoms with van der Waals surface area (Å²) in [6, 6.07) is 0. The molecular weight excluding hydrogens is 898 g/mol. The summed E-state index contributed by atoms with van der Waals surface area (Å²) < 4.78 is 49.2. The summed E-state index contributed by atoms with van der Waals surface area (Å²) in [5.41, 5.74) is 0. The van der Waals surface area contributed by atoms with Gasteiger partial charge in [-0.05, 0) is 77.0 Å². The molecule has 9 atom stereocenters. The molecule has 0 bridgehead atoms. The number of allylic oxidation sites excluding steroid dienone is 10. The maximum absolute atomic E-state index is 13.0. The normalized spacial score (nSPS) is 22.6. The van der Waals surface area contributed by atoms with Gasteiger partial charge in [0, 0.05) is 12.8 Å². The molecule has 19 heteroatoms. The van der Waals surface area contributed by atoms with Crippen molar-refractivity contribution in [1.29, 1.82) is 0 Å². The van der Waals surface area contributed by atoms with Crippen molar-refractivity contribution < 1.29 is 82.0 Å². The van der Waals surface area contributed by atoms with E-state index in [1.54, 1.807) is 24.3 Å². The Labute approximate surface area is 392 Å². The Balaban J connectivity index is 2.70. The molecular formula is C47H80O17P2. The highest BCUT2D eigenvalue weighted by molar-refractivity contribution is 7.47. The molecule has 0 heterocycles. The largest absolute Gasteiger partial charge is 0.472 e. The van der Waals surface area contributed by atoms with Gasteiger partial charge in [-0.15, -0.1) is 0 Å². The number of aliphatic hydroxyl groups is 5. The number of aliphatic hydroxyl groups excluding tert-OH is 5. The molecule has 0 aliphatic heterocycles. The van der Waals surface area contributed by atoms with Gasteiger partial charge in [0.05, 0.1) is 12.7 Å². The Hall–Kier alpha value is -2.60. The molecule has 8 N–H and O–H groups in total. The Kier molecular flexibility index (Phi) is 34.7. The molecule has 1 saturated carbocycles. The van der Waals surface area contributed by atoms with Gasteiger partial charge in [-0.3, -0.25) is 23.2 Å². The lowest BCUT2D eigenvalue weighted by atomic mass is 9.85. The van der Waals surface area contributed by atoms with E-state index >= 15 is 0 Å². The van der Waals surface area contributed by atoms with Crippen LogP contribution in [0.4, 0.5) is 0 Å². The van der Waals surface area contributed by atoms with Gasteiger partial charge >= 0.3 is 27.6 Å². The SMILES string of the molecule is CCCCC/C=C\C/C=C\CCCCCCCC(=O)OC[C@H](COP(=O)(O)O[C@H]1C(O)C(O)C(O)[C@@H](OP(=O)(O)O)C1O)OC(=O)CCC/C=C/C=C\C(O)C/C=C\C/C=C\CCCCC. The summed E-state index contributed by atoms with van der Waals surface area (Å²) in [5.74, 6) is -1.36. The Morgan fingerprint density at radius 2 is 1.08 bits per heavy atom. The molecule has 0 spiro atoms. The summed E-state index contributed by atoms with van der Waals surface area (Å²) in [6.45, 7) is 2.91. The molecule has 6 unspecified atom stereocenters. The van der Waals surface area contributed by atoms with Crippen LogP contribution >= 0.6 is 15.6 Å². The lowest BCUT2D eigenvalue weighted by molar-refractivity contribution is -0.216. The molecule has 17 nitrogen and oxygen atoms in total. The fraction of sp³-hybridized carbons (Fsp3) is 0.702. The van der Waals surface area contributed by atoms with Crippen molar-refractivity contribution in [2.24, 2.45) is 0 Å². The first kappa shape index (κ1) is 61.4. The number of ether oxygens (including phenoxy) is 2. The van der Waals surface area contributed by atoms with Crippen molar-refractivity contribution in [3.8, 4) is 0 Å². The summed E-state index contributed by atoms with van der Waals surface area (Å²) in [4.78, 5) is 54.2. The van der Waals surface area contributed by atoms with Crippen LogP contribution in [0.2, 0.25) is 0 Å². The van der Waals surface area contributed by atoms with Crippen LogP contribution in [-0.2, 0) is 41.8 Å². The second kappa shape index (κ2) is 37.3. The van der Waals surface area contributed by atoms with Crippen LogP contribution in [0.15, 0.2) is 72.9 Å². The average Bonchev–Trinajstić information content (AvgIpc) is 3.27. The number of carbonyl (C=O) groups excluding carboxylic acids is 2. The molecule has 1 aliphatic carbocycles. The van der Waals surface area contributed by atoms with E-state index in [-0.39, 0.29) is 12.8 Å². The molecule has 1 aliphatic rings. The van der Waals surface area contributed by atoms with Crippen LogP contribution in [-0.4, -0.2) is 114 Å². The third kappa shape index (κ3) is 31.4. The predicted molar refractivity (Wildman–Crippen MR) is 252 cm³/mol. The Morgan fingerprint density at radius 1 is 0.561 bits per heavy atom. The second-order valence-electron chi connectivity index (χ2n) is 16.3. The van der Waals surface area contributed by atoms with Crippen LogP contribution in [0.3, 0.4) is 0 Å². The molecule has 0 amide bonds. The predicted octanol–water partition coefficient (Wildman–Crippen LogP) is 7.81. The van der Waals surface area contributed by atoms with Crippen LogP contribution in [0.1, 0.15) is 149 Å². The fourth-order valence-corrected chi connectivity index (χ4v) is 8.14. The van der Waals surface area contributed by atoms with Crippen LogP contribution < -0.4 is 0 Å². The molecule has 0 radical (unpaired) electrons. The van der Waals surface area contributed by atoms with Gasteiger partial charge in [-0.1, -0.05) is 132 Å². The average molecular weight is 979 g/mol. The lowest BCUT2D eigenvalue weighted by Crippen LogP contribution is -2.64. The summed E-state index contributed by atoms with van der Waals surface area (Å²) in [7, 11) is -10.7. The highest BCUT2D eigenvalue weighted by atomic mass is 31.2. The molecule has 66 heavy (non-hydrogen) atoms. The zero-order chi connectivity index (χ0) is 49.1. The van der Waals surface area contributed by atoms with Gasteiger partial charge in [-0.25, -0.2) is 9.13 Å². The Bertz CT molecular complexity index is 1570. The fourth-order valence-electron chi connectivity index (χ4n) is 6.60. The van der Waals surface area contributed by atoms with Gasteiger partial charge in [-0.2, -0.15) is 0 Å². The van der Waals surface area contributed by atoms with E-state index in [2.05, 4.69) is 54.8 Å². The van der Waals surface area contributed by atoms with Crippen LogP contribution in [0.5, 0.6) is 0 Å². The van der Waals surface area contributed by atoms with E-state index < -0.39 is 89.6 Å². The minimum atomic E-state index is -5.38. The van der Waals surface area contributed by atoms with Gasteiger partial charge in [0.2, 0.25) is 0 Å². The summed E-state index contributed by atoms with van der Waals surface area (Å²) in [5, 5.41) is 51.4. The first-order valence-corrected chi connectivity index (χ1v) is 26.6. The maximum Gasteiger partial charge on any atom is 0.472 e. The van der Waals surface area contributed by atoms with E-state index in [4.69, 9.17) is 28.3 Å². The van der Waals surface area contributed by atoms with E-state index in [1.165, 1.54) is 38.5 Å². The number of unbranched alkanes of at least 4 members (excludes halogenated alkanes) is 12. The molecule has 0 aromatic heterocycles. The lowest BCUT2D eigenvalue weighted by Gasteiger charge is -2.43.